The van der Waals surface area contributed by atoms with Gasteiger partial charge in [0.2, 0.25) is 0 Å². The van der Waals surface area contributed by atoms with Crippen molar-refractivity contribution in [3.05, 3.63) is 68.0 Å². The van der Waals surface area contributed by atoms with E-state index in [2.05, 4.69) is 21.0 Å². The Hall–Kier alpha value is -3.22. The van der Waals surface area contributed by atoms with Crippen molar-refractivity contribution >= 4 is 11.9 Å². The number of rotatable bonds is 10. The molecule has 7 nitrogen and oxygen atoms in total. The Bertz CT molecular complexity index is 1150. The normalized spacial score (nSPS) is 11.3. The molecule has 5 N–H and O–H groups in total. The van der Waals surface area contributed by atoms with Gasteiger partial charge in [0.1, 0.15) is 11.4 Å². The van der Waals surface area contributed by atoms with E-state index in [9.17, 15) is 19.8 Å². The summed E-state index contributed by atoms with van der Waals surface area (Å²) in [6.07, 6.45) is 4.09. The van der Waals surface area contributed by atoms with Gasteiger partial charge in [0.25, 0.3) is 0 Å². The Labute approximate surface area is 188 Å². The number of hydrogen-bond acceptors (Lipinski definition) is 2. The molecule has 0 spiro atoms. The standard InChI is InChI=1S/C25H33N3O4/c1-6-15-17(8-3)22(24(29)30)27-20(15)11-14-10-13(5)19(26-14)12-21-16(7-2)18(9-4)23(28-21)25(31)32/h10,26-28H,6-9,11-12H2,1-5H3,(H,29,30)(H,31,32). The molecule has 0 bridgehead atoms. The lowest BCUT2D eigenvalue weighted by Gasteiger charge is -2.05. The summed E-state index contributed by atoms with van der Waals surface area (Å²) < 4.78 is 0. The van der Waals surface area contributed by atoms with Gasteiger partial charge in [-0.1, -0.05) is 27.7 Å². The lowest BCUT2D eigenvalue weighted by Crippen LogP contribution is -2.01. The van der Waals surface area contributed by atoms with Crippen LogP contribution in [0, 0.1) is 6.92 Å². The zero-order chi connectivity index (χ0) is 23.6. The van der Waals surface area contributed by atoms with E-state index in [0.717, 1.165) is 63.4 Å². The van der Waals surface area contributed by atoms with Gasteiger partial charge < -0.3 is 25.2 Å². The molecule has 0 amide bonds. The van der Waals surface area contributed by atoms with Crippen LogP contribution in [-0.2, 0) is 38.5 Å². The summed E-state index contributed by atoms with van der Waals surface area (Å²) in [4.78, 5) is 33.1. The Morgan fingerprint density at radius 2 is 1.12 bits per heavy atom. The highest BCUT2D eigenvalue weighted by molar-refractivity contribution is 5.88. The quantitative estimate of drug-likeness (QED) is 0.311. The molecule has 172 valence electrons. The van der Waals surface area contributed by atoms with Crippen molar-refractivity contribution in [2.45, 2.75) is 73.1 Å². The number of hydrogen-bond donors (Lipinski definition) is 5. The second kappa shape index (κ2) is 9.51. The molecule has 3 aromatic heterocycles. The maximum atomic E-state index is 11.7. The van der Waals surface area contributed by atoms with Gasteiger partial charge in [0.15, 0.2) is 0 Å². The highest BCUT2D eigenvalue weighted by Crippen LogP contribution is 2.27. The van der Waals surface area contributed by atoms with E-state index in [1.807, 2.05) is 34.6 Å². The number of aromatic amines is 3. The first-order valence-electron chi connectivity index (χ1n) is 11.3. The molecule has 3 heterocycles. The molecule has 0 fully saturated rings. The van der Waals surface area contributed by atoms with Crippen LogP contribution in [0.4, 0.5) is 0 Å². The van der Waals surface area contributed by atoms with Gasteiger partial charge in [0.05, 0.1) is 0 Å². The van der Waals surface area contributed by atoms with Gasteiger partial charge in [-0.3, -0.25) is 0 Å². The van der Waals surface area contributed by atoms with Gasteiger partial charge in [-0.15, -0.1) is 0 Å². The molecule has 0 aliphatic rings. The maximum absolute atomic E-state index is 11.7. The minimum Gasteiger partial charge on any atom is -0.477 e. The lowest BCUT2D eigenvalue weighted by molar-refractivity contribution is 0.0679. The van der Waals surface area contributed by atoms with Crippen molar-refractivity contribution in [1.29, 1.82) is 0 Å². The maximum Gasteiger partial charge on any atom is 0.352 e. The summed E-state index contributed by atoms with van der Waals surface area (Å²) in [5, 5.41) is 19.1. The van der Waals surface area contributed by atoms with Gasteiger partial charge in [-0.2, -0.15) is 0 Å². The van der Waals surface area contributed by atoms with Crippen LogP contribution in [-0.4, -0.2) is 37.1 Å². The van der Waals surface area contributed by atoms with Crippen molar-refractivity contribution in [3.63, 3.8) is 0 Å². The number of aromatic nitrogens is 3. The minimum atomic E-state index is -0.925. The summed E-state index contributed by atoms with van der Waals surface area (Å²) in [7, 11) is 0. The van der Waals surface area contributed by atoms with E-state index < -0.39 is 11.9 Å². The number of H-pyrrole nitrogens is 3. The van der Waals surface area contributed by atoms with Crippen LogP contribution in [0.15, 0.2) is 6.07 Å². The Balaban J connectivity index is 1.93. The topological polar surface area (TPSA) is 122 Å². The number of carboxylic acids is 2. The molecule has 0 unspecified atom stereocenters. The van der Waals surface area contributed by atoms with Crippen LogP contribution in [0.25, 0.3) is 0 Å². The first-order valence-corrected chi connectivity index (χ1v) is 11.3. The van der Waals surface area contributed by atoms with E-state index in [1.54, 1.807) is 0 Å². The number of aromatic carboxylic acids is 2. The van der Waals surface area contributed by atoms with Crippen LogP contribution in [0.5, 0.6) is 0 Å². The highest BCUT2D eigenvalue weighted by Gasteiger charge is 2.22. The molecule has 0 atom stereocenters. The van der Waals surface area contributed by atoms with Crippen molar-refractivity contribution < 1.29 is 19.8 Å². The van der Waals surface area contributed by atoms with Crippen molar-refractivity contribution in [3.8, 4) is 0 Å². The zero-order valence-electron chi connectivity index (χ0n) is 19.5. The average Bonchev–Trinajstić information content (AvgIpc) is 3.40. The van der Waals surface area contributed by atoms with Gasteiger partial charge in [0, 0.05) is 35.6 Å². The molecule has 3 rings (SSSR count). The van der Waals surface area contributed by atoms with Crippen LogP contribution >= 0.6 is 0 Å². The molecule has 3 aromatic rings. The summed E-state index contributed by atoms with van der Waals surface area (Å²) in [6.45, 7) is 10.1. The first-order chi connectivity index (χ1) is 15.2. The van der Waals surface area contributed by atoms with E-state index in [0.29, 0.717) is 25.7 Å². The van der Waals surface area contributed by atoms with Crippen molar-refractivity contribution in [1.82, 2.24) is 15.0 Å². The molecule has 0 aliphatic carbocycles. The van der Waals surface area contributed by atoms with Gasteiger partial charge in [-0.25, -0.2) is 9.59 Å². The fourth-order valence-corrected chi connectivity index (χ4v) is 4.89. The number of aryl methyl sites for hydroxylation is 1. The SMILES string of the molecule is CCc1c(Cc2cc(C)c(Cc3[nH]c(C(=O)O)c(CC)c3CC)[nH]2)[nH]c(C(=O)O)c1CC. The highest BCUT2D eigenvalue weighted by atomic mass is 16.4. The molecule has 7 heteroatoms. The second-order valence-corrected chi connectivity index (χ2v) is 8.21. The fraction of sp³-hybridized carbons (Fsp3) is 0.440. The number of carboxylic acid groups (broad SMARTS) is 2. The van der Waals surface area contributed by atoms with Crippen LogP contribution in [0.3, 0.4) is 0 Å². The van der Waals surface area contributed by atoms with Gasteiger partial charge >= 0.3 is 11.9 Å². The second-order valence-electron chi connectivity index (χ2n) is 8.21. The van der Waals surface area contributed by atoms with E-state index in [-0.39, 0.29) is 11.4 Å². The third kappa shape index (κ3) is 4.24. The summed E-state index contributed by atoms with van der Waals surface area (Å²) in [5.41, 5.74) is 9.51. The molecular formula is C25H33N3O4. The Kier molecular flexibility index (Phi) is 6.96. The van der Waals surface area contributed by atoms with Crippen LogP contribution in [0.1, 0.15) is 99.3 Å². The van der Waals surface area contributed by atoms with Crippen molar-refractivity contribution in [2.75, 3.05) is 0 Å². The third-order valence-corrected chi connectivity index (χ3v) is 6.35. The van der Waals surface area contributed by atoms with Crippen LogP contribution in [0.2, 0.25) is 0 Å². The summed E-state index contributed by atoms with van der Waals surface area (Å²) in [5.74, 6) is -1.85. The smallest absolute Gasteiger partial charge is 0.352 e. The van der Waals surface area contributed by atoms with Crippen molar-refractivity contribution in [2.24, 2.45) is 0 Å². The molecule has 0 radical (unpaired) electrons. The third-order valence-electron chi connectivity index (χ3n) is 6.35. The summed E-state index contributed by atoms with van der Waals surface area (Å²) in [6, 6.07) is 2.09. The Morgan fingerprint density at radius 1 is 0.688 bits per heavy atom. The zero-order valence-corrected chi connectivity index (χ0v) is 19.5. The van der Waals surface area contributed by atoms with E-state index in [4.69, 9.17) is 0 Å². The molecule has 32 heavy (non-hydrogen) atoms. The predicted octanol–water partition coefficient (Wildman–Crippen LogP) is 4.81. The van der Waals surface area contributed by atoms with E-state index in [1.165, 1.54) is 0 Å². The number of carbonyl (C=O) groups is 2. The average molecular weight is 440 g/mol. The van der Waals surface area contributed by atoms with Gasteiger partial charge in [-0.05, 0) is 66.5 Å². The summed E-state index contributed by atoms with van der Waals surface area (Å²) >= 11 is 0. The Morgan fingerprint density at radius 3 is 1.53 bits per heavy atom. The predicted molar refractivity (Wildman–Crippen MR) is 124 cm³/mol. The molecule has 0 saturated heterocycles. The number of nitrogens with one attached hydrogen (secondary N) is 3. The largest absolute Gasteiger partial charge is 0.477 e. The lowest BCUT2D eigenvalue weighted by atomic mass is 10.0. The fourth-order valence-electron chi connectivity index (χ4n) is 4.89. The first kappa shape index (κ1) is 23.4. The van der Waals surface area contributed by atoms with E-state index >= 15 is 0 Å². The molecule has 0 aromatic carbocycles. The molecule has 0 aliphatic heterocycles. The minimum absolute atomic E-state index is 0.287. The molecular weight excluding hydrogens is 406 g/mol. The van der Waals surface area contributed by atoms with Crippen LogP contribution < -0.4 is 0 Å². The monoisotopic (exact) mass is 439 g/mol. The molecule has 0 saturated carbocycles.